The zero-order valence-corrected chi connectivity index (χ0v) is 13.8. The Hall–Kier alpha value is -0.610. The Bertz CT molecular complexity index is 413. The predicted octanol–water partition coefficient (Wildman–Crippen LogP) is 1.78. The number of ether oxygens (including phenoxy) is 1. The molecule has 0 aromatic heterocycles. The number of benzene rings is 1. The molecule has 4 heteroatoms. The van der Waals surface area contributed by atoms with Gasteiger partial charge in [-0.15, -0.1) is 0 Å². The zero-order chi connectivity index (χ0) is 15.2. The van der Waals surface area contributed by atoms with E-state index >= 15 is 0 Å². The maximum Gasteiger partial charge on any atom is 0.126 e. The first-order valence-electron chi connectivity index (χ1n) is 7.86. The molecule has 0 radical (unpaired) electrons. The van der Waals surface area contributed by atoms with Crippen LogP contribution in [0.5, 0.6) is 0 Å². The Kier molecular flexibility index (Phi) is 6.49. The molecule has 3 nitrogen and oxygen atoms in total. The molecule has 1 saturated heterocycles. The third-order valence-corrected chi connectivity index (χ3v) is 4.35. The molecule has 0 amide bonds. The van der Waals surface area contributed by atoms with Crippen LogP contribution in [0.4, 0.5) is 0 Å². The van der Waals surface area contributed by atoms with E-state index in [1.807, 2.05) is 24.3 Å². The van der Waals surface area contributed by atoms with Gasteiger partial charge >= 0.3 is 0 Å². The van der Waals surface area contributed by atoms with Crippen molar-refractivity contribution in [2.45, 2.75) is 33.0 Å². The Morgan fingerprint density at radius 3 is 2.48 bits per heavy atom. The normalized spacial score (nSPS) is 27.5. The van der Waals surface area contributed by atoms with Gasteiger partial charge in [-0.25, -0.2) is 0 Å². The number of quaternary nitrogens is 1. The molecule has 21 heavy (non-hydrogen) atoms. The van der Waals surface area contributed by atoms with Gasteiger partial charge in [0.25, 0.3) is 0 Å². The second-order valence-corrected chi connectivity index (χ2v) is 7.04. The van der Waals surface area contributed by atoms with Gasteiger partial charge in [-0.05, 0) is 24.1 Å². The van der Waals surface area contributed by atoms with Crippen LogP contribution in [0.15, 0.2) is 24.3 Å². The molecule has 3 unspecified atom stereocenters. The maximum absolute atomic E-state index is 10.1. The molecule has 3 atom stereocenters. The predicted molar refractivity (Wildman–Crippen MR) is 85.6 cm³/mol. The molecule has 1 aromatic rings. The minimum Gasteiger partial charge on any atom is -0.385 e. The third-order valence-electron chi connectivity index (χ3n) is 4.10. The third kappa shape index (κ3) is 5.95. The van der Waals surface area contributed by atoms with Crippen LogP contribution in [0, 0.1) is 11.8 Å². The Balaban J connectivity index is 1.67. The minimum atomic E-state index is -0.384. The summed E-state index contributed by atoms with van der Waals surface area (Å²) in [4.78, 5) is 1.50. The smallest absolute Gasteiger partial charge is 0.126 e. The van der Waals surface area contributed by atoms with Crippen LogP contribution in [-0.4, -0.2) is 37.5 Å². The number of piperidine rings is 1. The SMILES string of the molecule is CC1CC(C)C[NH+](CC(O)COCc2ccc(Cl)cc2)C1. The molecule has 1 aliphatic rings. The van der Waals surface area contributed by atoms with E-state index in [0.717, 1.165) is 29.0 Å². The van der Waals surface area contributed by atoms with Crippen molar-refractivity contribution in [2.24, 2.45) is 11.8 Å². The van der Waals surface area contributed by atoms with E-state index < -0.39 is 0 Å². The topological polar surface area (TPSA) is 33.9 Å². The van der Waals surface area contributed by atoms with Crippen molar-refractivity contribution in [3.63, 3.8) is 0 Å². The molecule has 1 aromatic carbocycles. The van der Waals surface area contributed by atoms with Gasteiger partial charge in [0.05, 0.1) is 26.3 Å². The first kappa shape index (κ1) is 16.8. The van der Waals surface area contributed by atoms with Crippen molar-refractivity contribution in [3.8, 4) is 0 Å². The summed E-state index contributed by atoms with van der Waals surface area (Å²) in [5, 5.41) is 10.9. The highest BCUT2D eigenvalue weighted by Gasteiger charge is 2.26. The van der Waals surface area contributed by atoms with Crippen LogP contribution in [0.3, 0.4) is 0 Å². The number of aliphatic hydroxyl groups is 1. The van der Waals surface area contributed by atoms with E-state index in [4.69, 9.17) is 16.3 Å². The second-order valence-electron chi connectivity index (χ2n) is 6.60. The molecule has 0 saturated carbocycles. The molecule has 0 bridgehead atoms. The molecule has 118 valence electrons. The molecule has 1 fully saturated rings. The quantitative estimate of drug-likeness (QED) is 0.839. The molecule has 1 aliphatic heterocycles. The number of rotatable bonds is 6. The number of hydrogen-bond donors (Lipinski definition) is 2. The first-order chi connectivity index (χ1) is 10.0. The van der Waals surface area contributed by atoms with Crippen LogP contribution in [0.1, 0.15) is 25.8 Å². The fourth-order valence-electron chi connectivity index (χ4n) is 3.37. The lowest BCUT2D eigenvalue weighted by atomic mass is 9.92. The maximum atomic E-state index is 10.1. The van der Waals surface area contributed by atoms with Crippen LogP contribution >= 0.6 is 11.6 Å². The van der Waals surface area contributed by atoms with Crippen molar-refractivity contribution in [2.75, 3.05) is 26.2 Å². The summed E-state index contributed by atoms with van der Waals surface area (Å²) in [6.07, 6.45) is 0.928. The summed E-state index contributed by atoms with van der Waals surface area (Å²) in [5.74, 6) is 1.51. The summed E-state index contributed by atoms with van der Waals surface area (Å²) >= 11 is 5.84. The van der Waals surface area contributed by atoms with Crippen molar-refractivity contribution in [1.82, 2.24) is 0 Å². The van der Waals surface area contributed by atoms with Crippen LogP contribution in [0.2, 0.25) is 5.02 Å². The van der Waals surface area contributed by atoms with Crippen LogP contribution in [-0.2, 0) is 11.3 Å². The number of aliphatic hydroxyl groups excluding tert-OH is 1. The van der Waals surface area contributed by atoms with Gasteiger partial charge in [0.15, 0.2) is 0 Å². The van der Waals surface area contributed by atoms with E-state index in [-0.39, 0.29) is 6.10 Å². The Morgan fingerprint density at radius 1 is 1.24 bits per heavy atom. The number of halogens is 1. The van der Waals surface area contributed by atoms with Gasteiger partial charge in [-0.2, -0.15) is 0 Å². The minimum absolute atomic E-state index is 0.384. The molecule has 1 heterocycles. The number of likely N-dealkylation sites (tertiary alicyclic amines) is 1. The van der Waals surface area contributed by atoms with Crippen molar-refractivity contribution >= 4 is 11.6 Å². The van der Waals surface area contributed by atoms with Gasteiger partial charge < -0.3 is 14.7 Å². The highest BCUT2D eigenvalue weighted by atomic mass is 35.5. The molecule has 2 N–H and O–H groups in total. The van der Waals surface area contributed by atoms with E-state index in [2.05, 4.69) is 13.8 Å². The molecular weight excluding hydrogens is 286 g/mol. The molecule has 0 spiro atoms. The average molecular weight is 313 g/mol. The molecule has 0 aliphatic carbocycles. The van der Waals surface area contributed by atoms with E-state index in [1.54, 1.807) is 0 Å². The standard InChI is InChI=1S/C17H26ClNO2/c1-13-7-14(2)9-19(8-13)10-17(20)12-21-11-15-3-5-16(18)6-4-15/h3-6,13-14,17,20H,7-12H2,1-2H3/p+1. The van der Waals surface area contributed by atoms with Gasteiger partial charge in [0.2, 0.25) is 0 Å². The first-order valence-corrected chi connectivity index (χ1v) is 8.24. The second kappa shape index (κ2) is 8.14. The summed E-state index contributed by atoms with van der Waals surface area (Å²) in [6, 6.07) is 7.62. The van der Waals surface area contributed by atoms with E-state index in [0.29, 0.717) is 13.2 Å². The number of hydrogen-bond acceptors (Lipinski definition) is 2. The highest BCUT2D eigenvalue weighted by Crippen LogP contribution is 2.12. The summed E-state index contributed by atoms with van der Waals surface area (Å²) in [5.41, 5.74) is 1.08. The van der Waals surface area contributed by atoms with Crippen molar-refractivity contribution in [3.05, 3.63) is 34.9 Å². The van der Waals surface area contributed by atoms with Crippen LogP contribution in [0.25, 0.3) is 0 Å². The average Bonchev–Trinajstić information content (AvgIpc) is 2.39. The van der Waals surface area contributed by atoms with Gasteiger partial charge in [-0.1, -0.05) is 37.6 Å². The van der Waals surface area contributed by atoms with Crippen molar-refractivity contribution < 1.29 is 14.7 Å². The monoisotopic (exact) mass is 312 g/mol. The largest absolute Gasteiger partial charge is 0.385 e. The lowest BCUT2D eigenvalue weighted by Crippen LogP contribution is -3.15. The fourth-order valence-corrected chi connectivity index (χ4v) is 3.50. The Morgan fingerprint density at radius 2 is 1.86 bits per heavy atom. The highest BCUT2D eigenvalue weighted by molar-refractivity contribution is 6.30. The summed E-state index contributed by atoms with van der Waals surface area (Å²) in [7, 11) is 0. The van der Waals surface area contributed by atoms with E-state index in [1.165, 1.54) is 24.4 Å². The van der Waals surface area contributed by atoms with Gasteiger partial charge in [0, 0.05) is 16.9 Å². The van der Waals surface area contributed by atoms with Gasteiger partial charge in [-0.3, -0.25) is 0 Å². The summed E-state index contributed by atoms with van der Waals surface area (Å²) in [6.45, 7) is 8.65. The number of nitrogens with one attached hydrogen (secondary N) is 1. The van der Waals surface area contributed by atoms with Crippen molar-refractivity contribution in [1.29, 1.82) is 0 Å². The molecular formula is C17H27ClNO2+. The summed E-state index contributed by atoms with van der Waals surface area (Å²) < 4.78 is 5.61. The lowest BCUT2D eigenvalue weighted by Gasteiger charge is -2.33. The lowest BCUT2D eigenvalue weighted by molar-refractivity contribution is -0.915. The Labute approximate surface area is 132 Å². The fraction of sp³-hybridized carbons (Fsp3) is 0.647. The molecule has 2 rings (SSSR count). The zero-order valence-electron chi connectivity index (χ0n) is 13.0. The van der Waals surface area contributed by atoms with Crippen LogP contribution < -0.4 is 4.90 Å². The van der Waals surface area contributed by atoms with Gasteiger partial charge in [0.1, 0.15) is 12.6 Å². The van der Waals surface area contributed by atoms with E-state index in [9.17, 15) is 5.11 Å².